The Morgan fingerprint density at radius 3 is 1.54 bits per heavy atom. The van der Waals surface area contributed by atoms with E-state index in [1.807, 2.05) is 78.9 Å². The molecule has 6 heteroatoms. The van der Waals surface area contributed by atoms with E-state index in [2.05, 4.69) is 97.1 Å². The standard InChI is InChI=1S/C51H29N3O2S/c1-3-12-30(13-4-1)49-52-50(31-14-5-2-6-15-31)54-51(53-49)33-23-25-37-36-24-22-32(28-44(36)57-45(37)29-33)34-26-27-40(48-46(34)41-17-8-10-21-43(41)56-48)39-19-11-18-38-35-16-7-9-20-42(35)55-47(38)39/h1-29H. The van der Waals surface area contributed by atoms with Crippen molar-refractivity contribution in [1.82, 2.24) is 15.0 Å². The quantitative estimate of drug-likeness (QED) is 0.175. The van der Waals surface area contributed by atoms with E-state index in [0.717, 1.165) is 82.8 Å². The smallest absolute Gasteiger partial charge is 0.164 e. The summed E-state index contributed by atoms with van der Waals surface area (Å²) >= 11 is 1.79. The van der Waals surface area contributed by atoms with Crippen molar-refractivity contribution in [3.63, 3.8) is 0 Å². The number of thiophene rings is 1. The fourth-order valence-electron chi connectivity index (χ4n) is 8.26. The number of aromatic nitrogens is 3. The van der Waals surface area contributed by atoms with Crippen LogP contribution in [-0.4, -0.2) is 15.0 Å². The molecule has 0 aliphatic rings. The molecule has 0 saturated carbocycles. The summed E-state index contributed by atoms with van der Waals surface area (Å²) in [5.41, 5.74) is 10.6. The maximum absolute atomic E-state index is 6.73. The second kappa shape index (κ2) is 12.6. The number of hydrogen-bond donors (Lipinski definition) is 0. The molecule has 5 nitrogen and oxygen atoms in total. The number of fused-ring (bicyclic) bond motifs is 9. The van der Waals surface area contributed by atoms with Crippen molar-refractivity contribution in [1.29, 1.82) is 0 Å². The summed E-state index contributed by atoms with van der Waals surface area (Å²) in [5.74, 6) is 1.95. The zero-order valence-corrected chi connectivity index (χ0v) is 31.1. The number of benzene rings is 8. The van der Waals surface area contributed by atoms with Gasteiger partial charge in [-0.3, -0.25) is 0 Å². The average molecular weight is 748 g/mol. The Morgan fingerprint density at radius 1 is 0.333 bits per heavy atom. The van der Waals surface area contributed by atoms with Gasteiger partial charge in [0.05, 0.1) is 0 Å². The molecule has 4 aromatic heterocycles. The number of nitrogens with zero attached hydrogens (tertiary/aromatic N) is 3. The summed E-state index contributed by atoms with van der Waals surface area (Å²) in [4.78, 5) is 14.9. The first-order valence-electron chi connectivity index (χ1n) is 18.9. The molecule has 0 atom stereocenters. The molecule has 8 aromatic carbocycles. The first-order chi connectivity index (χ1) is 28.2. The summed E-state index contributed by atoms with van der Waals surface area (Å²) in [6.45, 7) is 0. The molecule has 12 rings (SSSR count). The van der Waals surface area contributed by atoms with E-state index in [1.165, 1.54) is 20.2 Å². The number of rotatable bonds is 5. The van der Waals surface area contributed by atoms with Crippen LogP contribution in [0.2, 0.25) is 0 Å². The Kier molecular flexibility index (Phi) is 7.03. The van der Waals surface area contributed by atoms with Crippen LogP contribution in [0.4, 0.5) is 0 Å². The van der Waals surface area contributed by atoms with Gasteiger partial charge < -0.3 is 8.83 Å². The Bertz CT molecular complexity index is 3470. The van der Waals surface area contributed by atoms with Gasteiger partial charge in [-0.2, -0.15) is 0 Å². The predicted octanol–water partition coefficient (Wildman–Crippen LogP) is 14.4. The van der Waals surface area contributed by atoms with Gasteiger partial charge in [-0.25, -0.2) is 15.0 Å². The fourth-order valence-corrected chi connectivity index (χ4v) is 9.45. The van der Waals surface area contributed by atoms with E-state index in [0.29, 0.717) is 17.5 Å². The van der Waals surface area contributed by atoms with Crippen LogP contribution in [0.25, 0.3) is 120 Å². The normalized spacial score (nSPS) is 11.9. The molecule has 0 saturated heterocycles. The maximum Gasteiger partial charge on any atom is 0.164 e. The highest BCUT2D eigenvalue weighted by molar-refractivity contribution is 7.25. The third kappa shape index (κ3) is 5.12. The van der Waals surface area contributed by atoms with Crippen LogP contribution in [0, 0.1) is 0 Å². The lowest BCUT2D eigenvalue weighted by atomic mass is 9.93. The van der Waals surface area contributed by atoms with Gasteiger partial charge in [0, 0.05) is 69.5 Å². The van der Waals surface area contributed by atoms with Crippen LogP contribution in [0.5, 0.6) is 0 Å². The molecule has 0 bridgehead atoms. The van der Waals surface area contributed by atoms with Gasteiger partial charge in [-0.05, 0) is 41.5 Å². The monoisotopic (exact) mass is 747 g/mol. The third-order valence-electron chi connectivity index (χ3n) is 11.0. The molecule has 0 N–H and O–H groups in total. The molecule has 0 radical (unpaired) electrons. The minimum atomic E-state index is 0.649. The highest BCUT2D eigenvalue weighted by atomic mass is 32.1. The van der Waals surface area contributed by atoms with Crippen molar-refractivity contribution in [3.8, 4) is 56.4 Å². The summed E-state index contributed by atoms with van der Waals surface area (Å²) in [7, 11) is 0. The molecule has 0 amide bonds. The molecular weight excluding hydrogens is 719 g/mol. The van der Waals surface area contributed by atoms with E-state index >= 15 is 0 Å². The molecule has 12 aromatic rings. The fraction of sp³-hybridized carbons (Fsp3) is 0. The van der Waals surface area contributed by atoms with Crippen molar-refractivity contribution in [2.75, 3.05) is 0 Å². The van der Waals surface area contributed by atoms with E-state index in [4.69, 9.17) is 23.8 Å². The van der Waals surface area contributed by atoms with Crippen LogP contribution in [0.15, 0.2) is 185 Å². The van der Waals surface area contributed by atoms with E-state index in [-0.39, 0.29) is 0 Å². The van der Waals surface area contributed by atoms with Crippen molar-refractivity contribution in [3.05, 3.63) is 176 Å². The molecule has 0 spiro atoms. The van der Waals surface area contributed by atoms with E-state index in [1.54, 1.807) is 11.3 Å². The lowest BCUT2D eigenvalue weighted by molar-refractivity contribution is 0.665. The number of furan rings is 2. The molecule has 0 unspecified atom stereocenters. The highest BCUT2D eigenvalue weighted by Crippen LogP contribution is 2.46. The van der Waals surface area contributed by atoms with Gasteiger partial charge in [0.25, 0.3) is 0 Å². The molecule has 0 aliphatic carbocycles. The van der Waals surface area contributed by atoms with Crippen LogP contribution < -0.4 is 0 Å². The SMILES string of the molecule is c1ccc(-c2nc(-c3ccccc3)nc(-c3ccc4c(c3)sc3cc(-c5ccc(-c6cccc7c6oc6ccccc67)c6oc7ccccc7c56)ccc34)n2)cc1. The van der Waals surface area contributed by atoms with Crippen LogP contribution in [0.1, 0.15) is 0 Å². The number of hydrogen-bond acceptors (Lipinski definition) is 6. The Balaban J connectivity index is 0.999. The zero-order valence-electron chi connectivity index (χ0n) is 30.3. The molecule has 0 fully saturated rings. The maximum atomic E-state index is 6.73. The topological polar surface area (TPSA) is 65.0 Å². The minimum absolute atomic E-state index is 0.649. The third-order valence-corrected chi connectivity index (χ3v) is 12.1. The Morgan fingerprint density at radius 2 is 0.842 bits per heavy atom. The van der Waals surface area contributed by atoms with Crippen LogP contribution in [-0.2, 0) is 0 Å². The highest BCUT2D eigenvalue weighted by Gasteiger charge is 2.21. The van der Waals surface area contributed by atoms with Crippen molar-refractivity contribution in [2.45, 2.75) is 0 Å². The molecular formula is C51H29N3O2S. The van der Waals surface area contributed by atoms with Crippen molar-refractivity contribution >= 4 is 75.4 Å². The lowest BCUT2D eigenvalue weighted by Gasteiger charge is -2.09. The molecule has 266 valence electrons. The van der Waals surface area contributed by atoms with Gasteiger partial charge in [-0.15, -0.1) is 11.3 Å². The summed E-state index contributed by atoms with van der Waals surface area (Å²) < 4.78 is 15.6. The summed E-state index contributed by atoms with van der Waals surface area (Å²) in [5, 5.41) is 6.81. The Hall–Kier alpha value is -7.41. The van der Waals surface area contributed by atoms with Gasteiger partial charge in [-0.1, -0.05) is 146 Å². The molecule has 57 heavy (non-hydrogen) atoms. The summed E-state index contributed by atoms with van der Waals surface area (Å²) in [6.07, 6.45) is 0. The predicted molar refractivity (Wildman–Crippen MR) is 234 cm³/mol. The van der Waals surface area contributed by atoms with Crippen LogP contribution >= 0.6 is 11.3 Å². The second-order valence-corrected chi connectivity index (χ2v) is 15.4. The average Bonchev–Trinajstić information content (AvgIpc) is 3.98. The van der Waals surface area contributed by atoms with Crippen LogP contribution in [0.3, 0.4) is 0 Å². The minimum Gasteiger partial charge on any atom is -0.455 e. The van der Waals surface area contributed by atoms with Crippen molar-refractivity contribution < 1.29 is 8.83 Å². The van der Waals surface area contributed by atoms with E-state index < -0.39 is 0 Å². The molecule has 0 aliphatic heterocycles. The van der Waals surface area contributed by atoms with Crippen molar-refractivity contribution in [2.24, 2.45) is 0 Å². The number of para-hydroxylation sites is 3. The Labute approximate surface area is 330 Å². The second-order valence-electron chi connectivity index (χ2n) is 14.3. The van der Waals surface area contributed by atoms with Gasteiger partial charge >= 0.3 is 0 Å². The van der Waals surface area contributed by atoms with Gasteiger partial charge in [0.15, 0.2) is 17.5 Å². The largest absolute Gasteiger partial charge is 0.455 e. The van der Waals surface area contributed by atoms with Gasteiger partial charge in [0.2, 0.25) is 0 Å². The lowest BCUT2D eigenvalue weighted by Crippen LogP contribution is -1.99. The summed E-state index contributed by atoms with van der Waals surface area (Å²) in [6, 6.07) is 60.9. The first-order valence-corrected chi connectivity index (χ1v) is 19.7. The first kappa shape index (κ1) is 31.9. The van der Waals surface area contributed by atoms with Gasteiger partial charge in [0.1, 0.15) is 22.3 Å². The van der Waals surface area contributed by atoms with E-state index in [9.17, 15) is 0 Å². The zero-order chi connectivity index (χ0) is 37.5. The molecule has 4 heterocycles.